The molecule has 8 rings (SSSR count). The number of nitrogens with one attached hydrogen (secondary N) is 1. The van der Waals surface area contributed by atoms with Crippen molar-refractivity contribution in [3.05, 3.63) is 161 Å². The molecule has 242 valence electrons. The molecule has 0 spiro atoms. The number of amides is 2. The summed E-state index contributed by atoms with van der Waals surface area (Å²) in [7, 11) is 0. The third-order valence-electron chi connectivity index (χ3n) is 8.68. The third kappa shape index (κ3) is 6.00. The van der Waals surface area contributed by atoms with Gasteiger partial charge in [0.15, 0.2) is 6.10 Å². The lowest BCUT2D eigenvalue weighted by Gasteiger charge is -2.49. The maximum Gasteiger partial charge on any atom is 0.356 e. The van der Waals surface area contributed by atoms with E-state index >= 15 is 0 Å². The molecule has 2 amide bonds. The van der Waals surface area contributed by atoms with Crippen LogP contribution in [0, 0.1) is 0 Å². The Labute approximate surface area is 291 Å². The molecule has 2 aliphatic rings. The molecule has 1 saturated heterocycles. The van der Waals surface area contributed by atoms with Crippen molar-refractivity contribution in [3.8, 4) is 0 Å². The number of furan rings is 1. The Morgan fingerprint density at radius 1 is 0.816 bits per heavy atom. The number of thioether (sulfide) groups is 2. The summed E-state index contributed by atoms with van der Waals surface area (Å²) in [4.78, 5) is 44.4. The molecule has 1 fully saturated rings. The average Bonchev–Trinajstić information content (AvgIpc) is 3.53. The van der Waals surface area contributed by atoms with E-state index in [1.807, 2.05) is 133 Å². The molecule has 0 aliphatic carbocycles. The first-order valence-corrected chi connectivity index (χ1v) is 17.8. The van der Waals surface area contributed by atoms with Crippen LogP contribution in [0.25, 0.3) is 21.9 Å². The van der Waals surface area contributed by atoms with Crippen molar-refractivity contribution in [2.24, 2.45) is 0 Å². The monoisotopic (exact) mass is 682 g/mol. The molecule has 3 heterocycles. The van der Waals surface area contributed by atoms with E-state index in [4.69, 9.17) is 9.15 Å². The molecule has 0 bridgehead atoms. The largest absolute Gasteiger partial charge is 0.455 e. The quantitative estimate of drug-likeness (QED) is 0.123. The topological polar surface area (TPSA) is 88.9 Å². The van der Waals surface area contributed by atoms with Gasteiger partial charge < -0.3 is 14.5 Å². The van der Waals surface area contributed by atoms with Crippen LogP contribution >= 0.6 is 23.5 Å². The molecule has 1 N–H and O–H groups in total. The van der Waals surface area contributed by atoms with Crippen molar-refractivity contribution >= 4 is 63.2 Å². The van der Waals surface area contributed by atoms with Gasteiger partial charge in [0.05, 0.1) is 11.3 Å². The summed E-state index contributed by atoms with van der Waals surface area (Å²) in [6.45, 7) is 0. The second kappa shape index (κ2) is 13.3. The van der Waals surface area contributed by atoms with E-state index in [9.17, 15) is 14.4 Å². The van der Waals surface area contributed by atoms with Crippen molar-refractivity contribution in [2.75, 3.05) is 5.75 Å². The average molecular weight is 683 g/mol. The number of hydrogen-bond donors (Lipinski definition) is 1. The van der Waals surface area contributed by atoms with Gasteiger partial charge in [-0.2, -0.15) is 0 Å². The van der Waals surface area contributed by atoms with Gasteiger partial charge in [-0.3, -0.25) is 14.5 Å². The molecule has 6 aromatic rings. The maximum atomic E-state index is 14.5. The van der Waals surface area contributed by atoms with Crippen LogP contribution in [0.15, 0.2) is 153 Å². The van der Waals surface area contributed by atoms with Gasteiger partial charge in [-0.15, -0.1) is 11.8 Å². The summed E-state index contributed by atoms with van der Waals surface area (Å²) in [6.07, 6.45) is -0.538. The number of benzene rings is 5. The second-order valence-electron chi connectivity index (χ2n) is 11.8. The SMILES string of the molecule is O=C(Cc1ccccc1)N[C@@H]1C(=O)N2C(C(=O)OC(c3ccccc3)c3ccccc3)=C(Sc3cccc4c3oc3ccccc34)CS[C@H]12. The lowest BCUT2D eigenvalue weighted by atomic mass is 10.0. The van der Waals surface area contributed by atoms with E-state index in [-0.39, 0.29) is 23.9 Å². The van der Waals surface area contributed by atoms with Crippen LogP contribution in [-0.4, -0.2) is 39.9 Å². The molecule has 49 heavy (non-hydrogen) atoms. The van der Waals surface area contributed by atoms with Crippen molar-refractivity contribution < 1.29 is 23.5 Å². The Kier molecular flexibility index (Phi) is 8.45. The normalized spacial score (nSPS) is 17.2. The molecule has 9 heteroatoms. The minimum Gasteiger partial charge on any atom is -0.455 e. The first-order valence-electron chi connectivity index (χ1n) is 16.0. The fraction of sp³-hybridized carbons (Fsp3) is 0.125. The summed E-state index contributed by atoms with van der Waals surface area (Å²) in [5.74, 6) is -0.763. The van der Waals surface area contributed by atoms with E-state index < -0.39 is 23.5 Å². The zero-order chi connectivity index (χ0) is 33.3. The van der Waals surface area contributed by atoms with Crippen LogP contribution in [0.5, 0.6) is 0 Å². The molecule has 7 nitrogen and oxygen atoms in total. The van der Waals surface area contributed by atoms with E-state index in [1.54, 1.807) is 0 Å². The van der Waals surface area contributed by atoms with Gasteiger partial charge in [0.25, 0.3) is 5.91 Å². The van der Waals surface area contributed by atoms with Crippen molar-refractivity contribution in [3.63, 3.8) is 0 Å². The van der Waals surface area contributed by atoms with Gasteiger partial charge in [-0.05, 0) is 28.8 Å². The number of hydrogen-bond acceptors (Lipinski definition) is 7. The van der Waals surface area contributed by atoms with Crippen LogP contribution in [-0.2, 0) is 25.5 Å². The summed E-state index contributed by atoms with van der Waals surface area (Å²) < 4.78 is 12.6. The molecule has 0 radical (unpaired) electrons. The van der Waals surface area contributed by atoms with Crippen LogP contribution in [0.1, 0.15) is 22.8 Å². The van der Waals surface area contributed by atoms with Gasteiger partial charge >= 0.3 is 5.97 Å². The van der Waals surface area contributed by atoms with Crippen molar-refractivity contribution in [2.45, 2.75) is 28.8 Å². The van der Waals surface area contributed by atoms with Gasteiger partial charge in [-0.1, -0.05) is 133 Å². The number of nitrogens with zero attached hydrogens (tertiary/aromatic N) is 1. The molecule has 5 aromatic carbocycles. The molecule has 0 saturated carbocycles. The van der Waals surface area contributed by atoms with E-state index in [0.29, 0.717) is 16.2 Å². The molecular formula is C40H30N2O5S2. The fourth-order valence-electron chi connectivity index (χ4n) is 6.35. The van der Waals surface area contributed by atoms with Crippen molar-refractivity contribution in [1.82, 2.24) is 10.2 Å². The van der Waals surface area contributed by atoms with E-state index in [1.165, 1.54) is 28.4 Å². The van der Waals surface area contributed by atoms with Gasteiger partial charge in [0.2, 0.25) is 5.91 Å². The van der Waals surface area contributed by atoms with E-state index in [2.05, 4.69) is 5.32 Å². The lowest BCUT2D eigenvalue weighted by molar-refractivity contribution is -0.154. The Morgan fingerprint density at radius 3 is 2.16 bits per heavy atom. The molecule has 0 unspecified atom stereocenters. The number of carbonyl (C=O) groups excluding carboxylic acids is 3. The van der Waals surface area contributed by atoms with Crippen LogP contribution in [0.3, 0.4) is 0 Å². The number of ether oxygens (including phenoxy) is 1. The highest BCUT2D eigenvalue weighted by atomic mass is 32.2. The third-order valence-corrected chi connectivity index (χ3v) is 11.3. The highest BCUT2D eigenvalue weighted by molar-refractivity contribution is 8.06. The van der Waals surface area contributed by atoms with Crippen LogP contribution < -0.4 is 5.32 Å². The number of rotatable bonds is 9. The van der Waals surface area contributed by atoms with Crippen LogP contribution in [0.4, 0.5) is 0 Å². The summed E-state index contributed by atoms with van der Waals surface area (Å²) >= 11 is 2.92. The zero-order valence-corrected chi connectivity index (χ0v) is 27.8. The lowest BCUT2D eigenvalue weighted by Crippen LogP contribution is -2.70. The number of fused-ring (bicyclic) bond motifs is 4. The minimum atomic E-state index is -0.756. The predicted octanol–water partition coefficient (Wildman–Crippen LogP) is 7.87. The molecular weight excluding hydrogens is 653 g/mol. The minimum absolute atomic E-state index is 0.158. The van der Waals surface area contributed by atoms with Crippen molar-refractivity contribution in [1.29, 1.82) is 0 Å². The maximum absolute atomic E-state index is 14.5. The number of esters is 1. The van der Waals surface area contributed by atoms with Gasteiger partial charge in [-0.25, -0.2) is 4.79 Å². The Hall–Kier alpha value is -5.25. The first-order chi connectivity index (χ1) is 24.0. The summed E-state index contributed by atoms with van der Waals surface area (Å²) in [5.41, 5.74) is 4.16. The molecule has 1 aromatic heterocycles. The molecule has 2 aliphatic heterocycles. The second-order valence-corrected chi connectivity index (χ2v) is 14.1. The summed E-state index contributed by atoms with van der Waals surface area (Å²) in [5, 5.41) is 4.45. The zero-order valence-electron chi connectivity index (χ0n) is 26.2. The smallest absolute Gasteiger partial charge is 0.356 e. The van der Waals surface area contributed by atoms with E-state index in [0.717, 1.165) is 37.9 Å². The molecule has 2 atom stereocenters. The highest BCUT2D eigenvalue weighted by Crippen LogP contribution is 2.48. The predicted molar refractivity (Wildman–Crippen MR) is 193 cm³/mol. The van der Waals surface area contributed by atoms with Crippen LogP contribution in [0.2, 0.25) is 0 Å². The number of β-lactam (4-membered cyclic amide) rings is 1. The fourth-order valence-corrected chi connectivity index (χ4v) is 8.92. The number of carbonyl (C=O) groups is 3. The first kappa shape index (κ1) is 31.0. The number of para-hydroxylation sites is 2. The Balaban J connectivity index is 1.15. The Bertz CT molecular complexity index is 2180. The Morgan fingerprint density at radius 2 is 1.45 bits per heavy atom. The highest BCUT2D eigenvalue weighted by Gasteiger charge is 2.55. The van der Waals surface area contributed by atoms with Gasteiger partial charge in [0.1, 0.15) is 28.3 Å². The van der Waals surface area contributed by atoms with Gasteiger partial charge in [0, 0.05) is 21.4 Å². The summed E-state index contributed by atoms with van der Waals surface area (Å²) in [6, 6.07) is 41.6. The standard InChI is InChI=1S/C40H30N2O5S2/c43-33(23-25-13-4-1-5-14-25)41-34-38(44)42-35(40(45)47-36(26-15-6-2-7-16-26)27-17-8-3-9-18-27)32(24-48-39(34)42)49-31-22-12-20-29-28-19-10-11-21-30(28)46-37(29)31/h1-22,34,36,39H,23-24H2,(H,41,43)/t34-,39-/m1/s1.